The van der Waals surface area contributed by atoms with Crippen LogP contribution in [0, 0.1) is 0 Å². The van der Waals surface area contributed by atoms with Crippen molar-refractivity contribution in [2.45, 2.75) is 32.9 Å². The van der Waals surface area contributed by atoms with Gasteiger partial charge in [0.1, 0.15) is 0 Å². The van der Waals surface area contributed by atoms with Gasteiger partial charge in [0.25, 0.3) is 0 Å². The van der Waals surface area contributed by atoms with E-state index in [-0.39, 0.29) is 0 Å². The Morgan fingerprint density at radius 3 is 3.00 bits per heavy atom. The summed E-state index contributed by atoms with van der Waals surface area (Å²) in [5.74, 6) is 0. The fraction of sp³-hybridized carbons (Fsp3) is 0.353. The Bertz CT molecular complexity index is 594. The summed E-state index contributed by atoms with van der Waals surface area (Å²) >= 11 is 0. The van der Waals surface area contributed by atoms with Crippen LogP contribution in [0.5, 0.6) is 0 Å². The van der Waals surface area contributed by atoms with Gasteiger partial charge in [-0.1, -0.05) is 18.2 Å². The molecule has 3 rings (SSSR count). The number of hydrogen-bond donors (Lipinski definition) is 1. The number of nitrogens with one attached hydrogen (secondary N) is 1. The summed E-state index contributed by atoms with van der Waals surface area (Å²) in [6.45, 7) is 6.21. The molecule has 0 amide bonds. The van der Waals surface area contributed by atoms with E-state index in [1.54, 1.807) is 0 Å². The molecule has 1 aliphatic rings. The molecular weight excluding hydrogens is 246 g/mol. The topological polar surface area (TPSA) is 28.2 Å². The Balaban J connectivity index is 1.82. The molecule has 1 unspecified atom stereocenters. The zero-order valence-corrected chi connectivity index (χ0v) is 12.1. The van der Waals surface area contributed by atoms with Crippen molar-refractivity contribution in [1.29, 1.82) is 0 Å². The van der Waals surface area contributed by atoms with Gasteiger partial charge in [0.2, 0.25) is 0 Å². The van der Waals surface area contributed by atoms with Gasteiger partial charge in [0.05, 0.1) is 12.2 Å². The molecule has 1 aromatic carbocycles. The van der Waals surface area contributed by atoms with Crippen LogP contribution >= 0.6 is 0 Å². The number of hydrogen-bond acceptors (Lipinski definition) is 3. The Morgan fingerprint density at radius 2 is 2.15 bits per heavy atom. The second-order valence-electron chi connectivity index (χ2n) is 5.38. The quantitative estimate of drug-likeness (QED) is 0.919. The normalized spacial score (nSPS) is 17.1. The van der Waals surface area contributed by atoms with Gasteiger partial charge in [0, 0.05) is 30.2 Å². The largest absolute Gasteiger partial charge is 0.385 e. The smallest absolute Gasteiger partial charge is 0.0617 e. The van der Waals surface area contributed by atoms with Crippen molar-refractivity contribution < 1.29 is 0 Å². The summed E-state index contributed by atoms with van der Waals surface area (Å²) in [5.41, 5.74) is 5.07. The highest BCUT2D eigenvalue weighted by molar-refractivity contribution is 5.59. The highest BCUT2D eigenvalue weighted by Crippen LogP contribution is 2.32. The number of rotatable bonds is 4. The molecule has 0 fully saturated rings. The molecule has 1 N–H and O–H groups in total. The zero-order valence-electron chi connectivity index (χ0n) is 12.1. The van der Waals surface area contributed by atoms with Crippen LogP contribution in [0.2, 0.25) is 0 Å². The van der Waals surface area contributed by atoms with Crippen LogP contribution in [0.25, 0.3) is 0 Å². The maximum Gasteiger partial charge on any atom is 0.0617 e. The van der Waals surface area contributed by atoms with Gasteiger partial charge < -0.3 is 10.2 Å². The average molecular weight is 267 g/mol. The lowest BCUT2D eigenvalue weighted by Gasteiger charge is -2.24. The lowest BCUT2D eigenvalue weighted by atomic mass is 10.1. The van der Waals surface area contributed by atoms with Crippen molar-refractivity contribution in [2.24, 2.45) is 0 Å². The Labute approximate surface area is 120 Å². The predicted molar refractivity (Wildman–Crippen MR) is 84.2 cm³/mol. The summed E-state index contributed by atoms with van der Waals surface area (Å²) in [4.78, 5) is 6.96. The predicted octanol–water partition coefficient (Wildman–Crippen LogP) is 3.46. The molecule has 0 bridgehead atoms. The van der Waals surface area contributed by atoms with E-state index in [9.17, 15) is 0 Å². The molecule has 2 aromatic rings. The highest BCUT2D eigenvalue weighted by Gasteiger charge is 2.25. The first kappa shape index (κ1) is 13.0. The molecule has 0 aliphatic carbocycles. The van der Waals surface area contributed by atoms with Gasteiger partial charge >= 0.3 is 0 Å². The molecule has 2 heterocycles. The van der Waals surface area contributed by atoms with E-state index >= 15 is 0 Å². The van der Waals surface area contributed by atoms with Gasteiger partial charge in [0.15, 0.2) is 0 Å². The molecule has 1 aliphatic heterocycles. The molecule has 1 aromatic heterocycles. The Hall–Kier alpha value is -2.03. The van der Waals surface area contributed by atoms with Crippen molar-refractivity contribution in [2.75, 3.05) is 16.8 Å². The minimum absolute atomic E-state index is 0.539. The first-order chi connectivity index (χ1) is 9.78. The van der Waals surface area contributed by atoms with Crippen LogP contribution in [0.15, 0.2) is 42.6 Å². The molecule has 3 heteroatoms. The van der Waals surface area contributed by atoms with Crippen molar-refractivity contribution >= 4 is 11.4 Å². The molecule has 0 saturated carbocycles. The highest BCUT2D eigenvalue weighted by atomic mass is 15.2. The number of fused-ring (bicyclic) bond motifs is 1. The summed E-state index contributed by atoms with van der Waals surface area (Å²) in [6, 6.07) is 13.4. The lowest BCUT2D eigenvalue weighted by Crippen LogP contribution is -2.29. The maximum atomic E-state index is 4.51. The number of anilines is 2. The Kier molecular flexibility index (Phi) is 3.59. The SMILES string of the molecule is CCNc1ccnc(CN2c3ccccc3CC2C)c1. The van der Waals surface area contributed by atoms with Crippen LogP contribution in [0.1, 0.15) is 25.1 Å². The third-order valence-electron chi connectivity index (χ3n) is 3.88. The van der Waals surface area contributed by atoms with Gasteiger partial charge in [-0.25, -0.2) is 0 Å². The number of aromatic nitrogens is 1. The molecule has 0 spiro atoms. The molecule has 20 heavy (non-hydrogen) atoms. The summed E-state index contributed by atoms with van der Waals surface area (Å²) < 4.78 is 0. The summed E-state index contributed by atoms with van der Waals surface area (Å²) in [6.07, 6.45) is 3.02. The fourth-order valence-corrected chi connectivity index (χ4v) is 2.92. The number of pyridine rings is 1. The van der Waals surface area contributed by atoms with E-state index in [1.165, 1.54) is 11.3 Å². The number of nitrogens with zero attached hydrogens (tertiary/aromatic N) is 2. The fourth-order valence-electron chi connectivity index (χ4n) is 2.92. The molecule has 3 nitrogen and oxygen atoms in total. The van der Waals surface area contributed by atoms with Gasteiger partial charge in [-0.3, -0.25) is 4.98 Å². The first-order valence-electron chi connectivity index (χ1n) is 7.31. The third kappa shape index (κ3) is 2.48. The van der Waals surface area contributed by atoms with Crippen LogP contribution in [0.4, 0.5) is 11.4 Å². The van der Waals surface area contributed by atoms with Crippen molar-refractivity contribution in [1.82, 2.24) is 4.98 Å². The lowest BCUT2D eigenvalue weighted by molar-refractivity contribution is 0.665. The van der Waals surface area contributed by atoms with E-state index in [4.69, 9.17) is 0 Å². The monoisotopic (exact) mass is 267 g/mol. The molecule has 0 saturated heterocycles. The van der Waals surface area contributed by atoms with Crippen LogP contribution in [0.3, 0.4) is 0 Å². The minimum Gasteiger partial charge on any atom is -0.385 e. The van der Waals surface area contributed by atoms with Crippen molar-refractivity contribution in [3.8, 4) is 0 Å². The zero-order chi connectivity index (χ0) is 13.9. The van der Waals surface area contributed by atoms with Gasteiger partial charge in [-0.15, -0.1) is 0 Å². The second kappa shape index (κ2) is 5.53. The van der Waals surface area contributed by atoms with E-state index in [2.05, 4.69) is 59.4 Å². The molecule has 104 valence electrons. The number of benzene rings is 1. The van der Waals surface area contributed by atoms with Crippen molar-refractivity contribution in [3.63, 3.8) is 0 Å². The van der Waals surface area contributed by atoms with Crippen LogP contribution in [-0.4, -0.2) is 17.6 Å². The van der Waals surface area contributed by atoms with Gasteiger partial charge in [-0.2, -0.15) is 0 Å². The van der Waals surface area contributed by atoms with Gasteiger partial charge in [-0.05, 0) is 44.0 Å². The summed E-state index contributed by atoms with van der Waals surface area (Å²) in [5, 5.41) is 3.34. The first-order valence-corrected chi connectivity index (χ1v) is 7.31. The van der Waals surface area contributed by atoms with E-state index in [1.807, 2.05) is 12.3 Å². The van der Waals surface area contributed by atoms with E-state index in [0.29, 0.717) is 6.04 Å². The molecule has 0 radical (unpaired) electrons. The number of para-hydroxylation sites is 1. The minimum atomic E-state index is 0.539. The standard InChI is InChI=1S/C17H21N3/c1-3-18-15-8-9-19-16(11-15)12-20-13(2)10-14-6-4-5-7-17(14)20/h4-9,11,13H,3,10,12H2,1-2H3,(H,18,19). The van der Waals surface area contributed by atoms with E-state index in [0.717, 1.165) is 30.9 Å². The maximum absolute atomic E-state index is 4.51. The summed E-state index contributed by atoms with van der Waals surface area (Å²) in [7, 11) is 0. The van der Waals surface area contributed by atoms with Crippen molar-refractivity contribution in [3.05, 3.63) is 53.9 Å². The van der Waals surface area contributed by atoms with Crippen LogP contribution < -0.4 is 10.2 Å². The average Bonchev–Trinajstić information content (AvgIpc) is 2.76. The van der Waals surface area contributed by atoms with Crippen LogP contribution in [-0.2, 0) is 13.0 Å². The third-order valence-corrected chi connectivity index (χ3v) is 3.88. The molecule has 1 atom stereocenters. The molecular formula is C17H21N3. The second-order valence-corrected chi connectivity index (χ2v) is 5.38. The Morgan fingerprint density at radius 1 is 1.30 bits per heavy atom. The van der Waals surface area contributed by atoms with E-state index < -0.39 is 0 Å².